The molecule has 4 heteroatoms. The lowest BCUT2D eigenvalue weighted by molar-refractivity contribution is -0.139. The first-order valence-corrected chi connectivity index (χ1v) is 7.79. The average Bonchev–Trinajstić information content (AvgIpc) is 2.32. The van der Waals surface area contributed by atoms with Crippen molar-refractivity contribution in [2.75, 3.05) is 13.1 Å². The topological polar surface area (TPSA) is 49.6 Å². The Morgan fingerprint density at radius 3 is 2.32 bits per heavy atom. The molecule has 0 aromatic heterocycles. The van der Waals surface area contributed by atoms with E-state index in [9.17, 15) is 4.79 Å². The van der Waals surface area contributed by atoms with E-state index >= 15 is 0 Å². The Labute approximate surface area is 117 Å². The molecule has 4 unspecified atom stereocenters. The maximum Gasteiger partial charge on any atom is 0.237 e. The van der Waals surface area contributed by atoms with Crippen LogP contribution in [0, 0.1) is 0 Å². The second-order valence-electron chi connectivity index (χ2n) is 6.53. The largest absolute Gasteiger partial charge is 0.336 e. The smallest absolute Gasteiger partial charge is 0.237 e. The van der Waals surface area contributed by atoms with Crippen LogP contribution in [-0.2, 0) is 4.79 Å². The molecule has 110 valence electrons. The number of nitrogens with two attached hydrogens (primary N) is 1. The molecule has 0 bridgehead atoms. The Hall–Kier alpha value is -0.610. The highest BCUT2D eigenvalue weighted by molar-refractivity contribution is 5.79. The number of hydrogen-bond acceptors (Lipinski definition) is 3. The van der Waals surface area contributed by atoms with Crippen LogP contribution < -0.4 is 5.73 Å². The molecule has 0 radical (unpaired) electrons. The van der Waals surface area contributed by atoms with Crippen LogP contribution in [0.4, 0.5) is 0 Å². The molecule has 4 atom stereocenters. The molecule has 2 heterocycles. The zero-order chi connectivity index (χ0) is 14.0. The van der Waals surface area contributed by atoms with Gasteiger partial charge >= 0.3 is 0 Å². The standard InChI is InChI=1S/C15H29N3O/c1-11-5-4-6-12(2)18(11)15(19)10-17-8-7-14(16)9-13(17)3/h11-14H,4-10,16H2,1-3H3. The third-order valence-corrected chi connectivity index (χ3v) is 4.87. The Kier molecular flexibility index (Phi) is 4.85. The zero-order valence-corrected chi connectivity index (χ0v) is 12.6. The van der Waals surface area contributed by atoms with E-state index in [-0.39, 0.29) is 0 Å². The first-order chi connectivity index (χ1) is 8.99. The summed E-state index contributed by atoms with van der Waals surface area (Å²) in [6, 6.07) is 1.55. The van der Waals surface area contributed by atoms with Gasteiger partial charge < -0.3 is 10.6 Å². The van der Waals surface area contributed by atoms with Gasteiger partial charge in [-0.15, -0.1) is 0 Å². The van der Waals surface area contributed by atoms with Gasteiger partial charge in [0.15, 0.2) is 0 Å². The van der Waals surface area contributed by atoms with Crippen LogP contribution in [0.1, 0.15) is 52.9 Å². The minimum absolute atomic E-state index is 0.307. The van der Waals surface area contributed by atoms with Crippen molar-refractivity contribution in [2.45, 2.75) is 77.0 Å². The number of likely N-dealkylation sites (tertiary alicyclic amines) is 2. The van der Waals surface area contributed by atoms with E-state index in [0.29, 0.717) is 36.6 Å². The third-order valence-electron chi connectivity index (χ3n) is 4.87. The molecule has 1 amide bonds. The summed E-state index contributed by atoms with van der Waals surface area (Å²) in [6.07, 6.45) is 5.58. The van der Waals surface area contributed by atoms with Crippen LogP contribution in [0.2, 0.25) is 0 Å². The fourth-order valence-corrected chi connectivity index (χ4v) is 3.66. The molecule has 4 nitrogen and oxygen atoms in total. The molecule has 2 aliphatic heterocycles. The predicted molar refractivity (Wildman–Crippen MR) is 77.9 cm³/mol. The summed E-state index contributed by atoms with van der Waals surface area (Å²) in [5.74, 6) is 0.307. The van der Waals surface area contributed by atoms with E-state index < -0.39 is 0 Å². The van der Waals surface area contributed by atoms with Gasteiger partial charge in [-0.05, 0) is 52.9 Å². The molecule has 19 heavy (non-hydrogen) atoms. The van der Waals surface area contributed by atoms with Gasteiger partial charge in [0.05, 0.1) is 6.54 Å². The van der Waals surface area contributed by atoms with Crippen molar-refractivity contribution in [3.8, 4) is 0 Å². The van der Waals surface area contributed by atoms with Crippen molar-refractivity contribution >= 4 is 5.91 Å². The number of amides is 1. The van der Waals surface area contributed by atoms with Crippen molar-refractivity contribution in [1.82, 2.24) is 9.80 Å². The highest BCUT2D eigenvalue weighted by atomic mass is 16.2. The average molecular weight is 267 g/mol. The number of carbonyl (C=O) groups excluding carboxylic acids is 1. The second kappa shape index (κ2) is 6.23. The van der Waals surface area contributed by atoms with Crippen LogP contribution >= 0.6 is 0 Å². The van der Waals surface area contributed by atoms with Gasteiger partial charge in [0.2, 0.25) is 5.91 Å². The molecule has 2 rings (SSSR count). The Bertz CT molecular complexity index is 311. The van der Waals surface area contributed by atoms with E-state index in [1.807, 2.05) is 0 Å². The summed E-state index contributed by atoms with van der Waals surface area (Å²) in [5, 5.41) is 0. The molecule has 0 spiro atoms. The van der Waals surface area contributed by atoms with Crippen molar-refractivity contribution in [2.24, 2.45) is 5.73 Å². The van der Waals surface area contributed by atoms with Crippen molar-refractivity contribution in [1.29, 1.82) is 0 Å². The minimum atomic E-state index is 0.307. The summed E-state index contributed by atoms with van der Waals surface area (Å²) in [6.45, 7) is 8.09. The molecule has 0 aliphatic carbocycles. The lowest BCUT2D eigenvalue weighted by Crippen LogP contribution is -2.54. The van der Waals surface area contributed by atoms with Crippen molar-refractivity contribution in [3.63, 3.8) is 0 Å². The molecule has 2 aliphatic rings. The monoisotopic (exact) mass is 267 g/mol. The van der Waals surface area contributed by atoms with Crippen LogP contribution in [0.5, 0.6) is 0 Å². The van der Waals surface area contributed by atoms with E-state index in [1.165, 1.54) is 6.42 Å². The lowest BCUT2D eigenvalue weighted by Gasteiger charge is -2.42. The lowest BCUT2D eigenvalue weighted by atomic mass is 9.96. The molecule has 0 saturated carbocycles. The normalized spacial score (nSPS) is 37.4. The van der Waals surface area contributed by atoms with Crippen LogP contribution in [0.25, 0.3) is 0 Å². The van der Waals surface area contributed by atoms with Crippen LogP contribution in [0.3, 0.4) is 0 Å². The summed E-state index contributed by atoms with van der Waals surface area (Å²) in [4.78, 5) is 17.0. The van der Waals surface area contributed by atoms with Gasteiger partial charge in [-0.3, -0.25) is 9.69 Å². The fourth-order valence-electron chi connectivity index (χ4n) is 3.66. The molecular formula is C15H29N3O. The number of piperidine rings is 2. The van der Waals surface area contributed by atoms with E-state index in [1.54, 1.807) is 0 Å². The van der Waals surface area contributed by atoms with E-state index in [0.717, 1.165) is 32.2 Å². The van der Waals surface area contributed by atoms with Crippen LogP contribution in [0.15, 0.2) is 0 Å². The highest BCUT2D eigenvalue weighted by Gasteiger charge is 2.32. The number of nitrogens with zero attached hydrogens (tertiary/aromatic N) is 2. The highest BCUT2D eigenvalue weighted by Crippen LogP contribution is 2.23. The fraction of sp³-hybridized carbons (Fsp3) is 0.933. The van der Waals surface area contributed by atoms with Crippen molar-refractivity contribution < 1.29 is 4.79 Å². The molecule has 2 saturated heterocycles. The molecular weight excluding hydrogens is 238 g/mol. The first-order valence-electron chi connectivity index (χ1n) is 7.79. The first kappa shape index (κ1) is 14.8. The molecule has 2 fully saturated rings. The Balaban J connectivity index is 1.92. The van der Waals surface area contributed by atoms with E-state index in [2.05, 4.69) is 30.6 Å². The third kappa shape index (κ3) is 3.48. The second-order valence-corrected chi connectivity index (χ2v) is 6.53. The minimum Gasteiger partial charge on any atom is -0.336 e. The van der Waals surface area contributed by atoms with Gasteiger partial charge in [0.1, 0.15) is 0 Å². The summed E-state index contributed by atoms with van der Waals surface area (Å²) in [7, 11) is 0. The number of rotatable bonds is 2. The quantitative estimate of drug-likeness (QED) is 0.826. The van der Waals surface area contributed by atoms with Crippen molar-refractivity contribution in [3.05, 3.63) is 0 Å². The van der Waals surface area contributed by atoms with Gasteiger partial charge in [-0.2, -0.15) is 0 Å². The zero-order valence-electron chi connectivity index (χ0n) is 12.6. The molecule has 0 aromatic rings. The maximum absolute atomic E-state index is 12.6. The number of carbonyl (C=O) groups is 1. The predicted octanol–water partition coefficient (Wildman–Crippen LogP) is 1.59. The summed E-state index contributed by atoms with van der Waals surface area (Å²) >= 11 is 0. The summed E-state index contributed by atoms with van der Waals surface area (Å²) < 4.78 is 0. The summed E-state index contributed by atoms with van der Waals surface area (Å²) in [5.41, 5.74) is 5.98. The van der Waals surface area contributed by atoms with E-state index in [4.69, 9.17) is 5.73 Å². The molecule has 0 aromatic carbocycles. The van der Waals surface area contributed by atoms with Gasteiger partial charge in [-0.1, -0.05) is 0 Å². The Morgan fingerprint density at radius 1 is 1.11 bits per heavy atom. The van der Waals surface area contributed by atoms with Gasteiger partial charge in [0.25, 0.3) is 0 Å². The maximum atomic E-state index is 12.6. The van der Waals surface area contributed by atoms with Crippen LogP contribution in [-0.4, -0.2) is 53.0 Å². The number of hydrogen-bond donors (Lipinski definition) is 1. The SMILES string of the molecule is CC1CC(N)CCN1CC(=O)N1C(C)CCCC1C. The van der Waals surface area contributed by atoms with Gasteiger partial charge in [0, 0.05) is 30.7 Å². The molecule has 2 N–H and O–H groups in total. The van der Waals surface area contributed by atoms with Gasteiger partial charge in [-0.25, -0.2) is 0 Å². The Morgan fingerprint density at radius 2 is 1.74 bits per heavy atom.